The van der Waals surface area contributed by atoms with Crippen molar-refractivity contribution in [1.82, 2.24) is 24.0 Å². The Morgan fingerprint density at radius 3 is 2.41 bits per heavy atom. The van der Waals surface area contributed by atoms with Crippen molar-refractivity contribution >= 4 is 29.5 Å². The smallest absolute Gasteiger partial charge is 0.238 e. The average Bonchev–Trinajstić information content (AvgIpc) is 3.02. The second-order valence-electron chi connectivity index (χ2n) is 7.56. The summed E-state index contributed by atoms with van der Waals surface area (Å²) >= 11 is 5.53. The van der Waals surface area contributed by atoms with Crippen molar-refractivity contribution in [2.75, 3.05) is 38.0 Å². The van der Waals surface area contributed by atoms with Gasteiger partial charge in [0.25, 0.3) is 0 Å². The zero-order chi connectivity index (χ0) is 20.4. The number of benzene rings is 1. The molecule has 1 amide bonds. The lowest BCUT2D eigenvalue weighted by molar-refractivity contribution is -0.117. The average molecular weight is 411 g/mol. The van der Waals surface area contributed by atoms with Gasteiger partial charge in [-0.1, -0.05) is 24.3 Å². The molecule has 1 aliphatic rings. The van der Waals surface area contributed by atoms with E-state index >= 15 is 0 Å². The number of carbonyl (C=O) groups is 1. The van der Waals surface area contributed by atoms with Crippen LogP contribution in [0.2, 0.25) is 0 Å². The minimum absolute atomic E-state index is 0.0402. The lowest BCUT2D eigenvalue weighted by Crippen LogP contribution is -2.49. The van der Waals surface area contributed by atoms with Crippen molar-refractivity contribution in [2.45, 2.75) is 20.5 Å². The van der Waals surface area contributed by atoms with Crippen LogP contribution in [-0.2, 0) is 11.5 Å². The molecule has 0 unspecified atom stereocenters. The second-order valence-corrected chi connectivity index (χ2v) is 7.93. The first-order valence-electron chi connectivity index (χ1n) is 9.86. The SMILES string of the molecule is Cc1cccc(C)c1NC(=O)CN1CCN(Cn2nc3ccccn3c2=S)CC1. The van der Waals surface area contributed by atoms with E-state index < -0.39 is 0 Å². The molecular formula is C21H26N6OS. The molecule has 1 fully saturated rings. The Morgan fingerprint density at radius 2 is 1.72 bits per heavy atom. The van der Waals surface area contributed by atoms with Gasteiger partial charge in [0.1, 0.15) is 0 Å². The standard InChI is InChI=1S/C21H26N6OS/c1-16-6-5-7-17(2)20(16)22-19(28)14-24-10-12-25(13-11-24)15-27-21(29)26-9-4-3-8-18(26)23-27/h3-9H,10-15H2,1-2H3,(H,22,28). The van der Waals surface area contributed by atoms with Gasteiger partial charge in [0, 0.05) is 38.1 Å². The van der Waals surface area contributed by atoms with Crippen LogP contribution in [-0.4, -0.2) is 62.6 Å². The Bertz CT molecular complexity index is 1060. The van der Waals surface area contributed by atoms with Gasteiger partial charge >= 0.3 is 0 Å². The first-order valence-corrected chi connectivity index (χ1v) is 10.3. The predicted octanol–water partition coefficient (Wildman–Crippen LogP) is 2.70. The molecule has 3 aromatic rings. The molecule has 0 spiro atoms. The maximum absolute atomic E-state index is 12.5. The highest BCUT2D eigenvalue weighted by Crippen LogP contribution is 2.19. The molecule has 0 radical (unpaired) electrons. The lowest BCUT2D eigenvalue weighted by Gasteiger charge is -2.34. The molecule has 0 saturated carbocycles. The van der Waals surface area contributed by atoms with Gasteiger partial charge in [-0.15, -0.1) is 0 Å². The van der Waals surface area contributed by atoms with E-state index in [1.807, 2.05) is 65.5 Å². The molecule has 29 heavy (non-hydrogen) atoms. The zero-order valence-electron chi connectivity index (χ0n) is 16.8. The van der Waals surface area contributed by atoms with Crippen molar-refractivity contribution in [3.63, 3.8) is 0 Å². The van der Waals surface area contributed by atoms with Crippen LogP contribution in [0.15, 0.2) is 42.6 Å². The van der Waals surface area contributed by atoms with E-state index in [1.165, 1.54) is 0 Å². The minimum Gasteiger partial charge on any atom is -0.324 e. The number of nitrogens with zero attached hydrogens (tertiary/aromatic N) is 5. The lowest BCUT2D eigenvalue weighted by atomic mass is 10.1. The van der Waals surface area contributed by atoms with Crippen molar-refractivity contribution in [1.29, 1.82) is 0 Å². The highest BCUT2D eigenvalue weighted by molar-refractivity contribution is 7.71. The van der Waals surface area contributed by atoms with Crippen LogP contribution in [0.1, 0.15) is 11.1 Å². The number of aromatic nitrogens is 3. The second kappa shape index (κ2) is 8.44. The molecule has 3 heterocycles. The van der Waals surface area contributed by atoms with E-state index in [2.05, 4.69) is 20.2 Å². The molecule has 0 aliphatic carbocycles. The molecule has 2 aromatic heterocycles. The molecule has 1 aliphatic heterocycles. The Labute approximate surface area is 175 Å². The third-order valence-corrected chi connectivity index (χ3v) is 5.81. The fourth-order valence-corrected chi connectivity index (χ4v) is 3.99. The normalized spacial score (nSPS) is 15.7. The van der Waals surface area contributed by atoms with Crippen molar-refractivity contribution in [2.24, 2.45) is 0 Å². The number of para-hydroxylation sites is 1. The Balaban J connectivity index is 1.30. The quantitative estimate of drug-likeness (QED) is 0.656. The van der Waals surface area contributed by atoms with Crippen molar-refractivity contribution in [3.8, 4) is 0 Å². The molecule has 1 N–H and O–H groups in total. The number of piperazine rings is 1. The van der Waals surface area contributed by atoms with E-state index in [-0.39, 0.29) is 5.91 Å². The zero-order valence-corrected chi connectivity index (χ0v) is 17.7. The molecule has 8 heteroatoms. The minimum atomic E-state index is 0.0402. The maximum Gasteiger partial charge on any atom is 0.238 e. The van der Waals surface area contributed by atoms with E-state index in [1.54, 1.807) is 0 Å². The molecule has 7 nitrogen and oxygen atoms in total. The van der Waals surface area contributed by atoms with Gasteiger partial charge in [0.2, 0.25) is 10.7 Å². The Kier molecular flexibility index (Phi) is 5.75. The van der Waals surface area contributed by atoms with Crippen molar-refractivity contribution in [3.05, 3.63) is 58.5 Å². The summed E-state index contributed by atoms with van der Waals surface area (Å²) in [5.41, 5.74) is 3.97. The summed E-state index contributed by atoms with van der Waals surface area (Å²) in [5, 5.41) is 7.67. The molecule has 1 saturated heterocycles. The summed E-state index contributed by atoms with van der Waals surface area (Å²) in [6.07, 6.45) is 1.94. The van der Waals surface area contributed by atoms with Gasteiger partial charge in [0.05, 0.1) is 13.2 Å². The summed E-state index contributed by atoms with van der Waals surface area (Å²) in [5.74, 6) is 0.0402. The molecule has 0 atom stereocenters. The summed E-state index contributed by atoms with van der Waals surface area (Å²) in [6, 6.07) is 11.9. The highest BCUT2D eigenvalue weighted by atomic mass is 32.1. The van der Waals surface area contributed by atoms with Crippen LogP contribution in [0.25, 0.3) is 5.65 Å². The van der Waals surface area contributed by atoms with Gasteiger partial charge in [0.15, 0.2) is 5.65 Å². The van der Waals surface area contributed by atoms with E-state index in [9.17, 15) is 4.79 Å². The Morgan fingerprint density at radius 1 is 1.03 bits per heavy atom. The third kappa shape index (κ3) is 4.39. The number of hydrogen-bond acceptors (Lipinski definition) is 5. The molecule has 0 bridgehead atoms. The van der Waals surface area contributed by atoms with Gasteiger partial charge < -0.3 is 5.32 Å². The number of rotatable bonds is 5. The van der Waals surface area contributed by atoms with Crippen LogP contribution < -0.4 is 5.32 Å². The topological polar surface area (TPSA) is 57.8 Å². The van der Waals surface area contributed by atoms with Crippen LogP contribution in [0.3, 0.4) is 0 Å². The van der Waals surface area contributed by atoms with Crippen molar-refractivity contribution < 1.29 is 4.79 Å². The van der Waals surface area contributed by atoms with E-state index in [0.717, 1.165) is 48.6 Å². The van der Waals surface area contributed by atoms with E-state index in [4.69, 9.17) is 12.2 Å². The van der Waals surface area contributed by atoms with Crippen LogP contribution in [0, 0.1) is 18.6 Å². The highest BCUT2D eigenvalue weighted by Gasteiger charge is 2.20. The fourth-order valence-electron chi connectivity index (χ4n) is 3.73. The summed E-state index contributed by atoms with van der Waals surface area (Å²) < 4.78 is 4.49. The molecule has 152 valence electrons. The van der Waals surface area contributed by atoms with Crippen LogP contribution in [0.5, 0.6) is 0 Å². The number of fused-ring (bicyclic) bond motifs is 1. The summed E-state index contributed by atoms with van der Waals surface area (Å²) in [4.78, 5) is 17.0. The Hall–Kier alpha value is -2.55. The van der Waals surface area contributed by atoms with Gasteiger partial charge in [-0.3, -0.25) is 19.0 Å². The largest absolute Gasteiger partial charge is 0.324 e. The van der Waals surface area contributed by atoms with Gasteiger partial charge in [-0.05, 0) is 49.3 Å². The number of carbonyl (C=O) groups excluding carboxylic acids is 1. The van der Waals surface area contributed by atoms with Crippen LogP contribution in [0.4, 0.5) is 5.69 Å². The fraction of sp³-hybridized carbons (Fsp3) is 0.381. The number of nitrogens with one attached hydrogen (secondary N) is 1. The first-order chi connectivity index (χ1) is 14.0. The van der Waals surface area contributed by atoms with Gasteiger partial charge in [-0.25, -0.2) is 4.68 Å². The molecular weight excluding hydrogens is 384 g/mol. The van der Waals surface area contributed by atoms with Crippen LogP contribution >= 0.6 is 12.2 Å². The number of anilines is 1. The monoisotopic (exact) mass is 410 g/mol. The van der Waals surface area contributed by atoms with E-state index in [0.29, 0.717) is 18.0 Å². The first kappa shape index (κ1) is 19.8. The number of hydrogen-bond donors (Lipinski definition) is 1. The number of pyridine rings is 1. The number of aryl methyl sites for hydroxylation is 2. The van der Waals surface area contributed by atoms with Gasteiger partial charge in [-0.2, -0.15) is 5.10 Å². The summed E-state index contributed by atoms with van der Waals surface area (Å²) in [7, 11) is 0. The number of amides is 1. The predicted molar refractivity (Wildman–Crippen MR) is 117 cm³/mol. The summed E-state index contributed by atoms with van der Waals surface area (Å²) in [6.45, 7) is 8.58. The maximum atomic E-state index is 12.5. The molecule has 1 aromatic carbocycles. The third-order valence-electron chi connectivity index (χ3n) is 5.40. The molecule has 4 rings (SSSR count).